The predicted octanol–water partition coefficient (Wildman–Crippen LogP) is 3.49. The minimum absolute atomic E-state index is 0.0798. The van der Waals surface area contributed by atoms with Gasteiger partial charge in [-0.25, -0.2) is 0 Å². The first-order valence-corrected chi connectivity index (χ1v) is 8.33. The molecule has 1 amide bonds. The van der Waals surface area contributed by atoms with Crippen molar-refractivity contribution >= 4 is 34.1 Å². The summed E-state index contributed by atoms with van der Waals surface area (Å²) in [6, 6.07) is 8.47. The molecule has 0 bridgehead atoms. The van der Waals surface area contributed by atoms with E-state index in [4.69, 9.17) is 0 Å². The van der Waals surface area contributed by atoms with Gasteiger partial charge in [-0.3, -0.25) is 4.79 Å². The number of anilines is 1. The number of aryl methyl sites for hydroxylation is 1. The lowest BCUT2D eigenvalue weighted by Gasteiger charge is -1.99. The summed E-state index contributed by atoms with van der Waals surface area (Å²) in [6.45, 7) is 2.08. The van der Waals surface area contributed by atoms with E-state index in [-0.39, 0.29) is 11.8 Å². The van der Waals surface area contributed by atoms with Gasteiger partial charge in [0.2, 0.25) is 11.0 Å². The van der Waals surface area contributed by atoms with Crippen LogP contribution in [0.2, 0.25) is 0 Å². The van der Waals surface area contributed by atoms with Crippen molar-refractivity contribution in [1.29, 1.82) is 0 Å². The molecule has 0 spiro atoms. The molecule has 1 aliphatic rings. The maximum Gasteiger partial charge on any atom is 0.229 e. The molecule has 3 rings (SSSR count). The van der Waals surface area contributed by atoms with Crippen LogP contribution in [0, 0.1) is 12.8 Å². The highest BCUT2D eigenvalue weighted by molar-refractivity contribution is 8.00. The van der Waals surface area contributed by atoms with Gasteiger partial charge in [0.1, 0.15) is 0 Å². The van der Waals surface area contributed by atoms with Gasteiger partial charge in [-0.2, -0.15) is 0 Å². The number of benzene rings is 1. The molecule has 1 heterocycles. The van der Waals surface area contributed by atoms with Gasteiger partial charge in [0.15, 0.2) is 4.34 Å². The Kier molecular flexibility index (Phi) is 4.03. The predicted molar refractivity (Wildman–Crippen MR) is 82.0 cm³/mol. The molecule has 1 fully saturated rings. The number of hydrogen-bond donors (Lipinski definition) is 1. The average molecular weight is 305 g/mol. The van der Waals surface area contributed by atoms with Gasteiger partial charge in [-0.1, -0.05) is 52.9 Å². The summed E-state index contributed by atoms with van der Waals surface area (Å²) >= 11 is 3.08. The third kappa shape index (κ3) is 3.58. The minimum atomic E-state index is 0.0798. The third-order valence-corrected chi connectivity index (χ3v) is 5.11. The zero-order chi connectivity index (χ0) is 13.9. The van der Waals surface area contributed by atoms with E-state index in [1.165, 1.54) is 22.5 Å². The first-order valence-electron chi connectivity index (χ1n) is 6.53. The quantitative estimate of drug-likeness (QED) is 0.678. The van der Waals surface area contributed by atoms with Crippen molar-refractivity contribution in [3.05, 3.63) is 35.4 Å². The smallest absolute Gasteiger partial charge is 0.229 e. The zero-order valence-corrected chi connectivity index (χ0v) is 12.8. The first-order chi connectivity index (χ1) is 9.70. The number of amides is 1. The number of aromatic nitrogens is 2. The van der Waals surface area contributed by atoms with Gasteiger partial charge in [0.25, 0.3) is 0 Å². The number of nitrogens with one attached hydrogen (secondary N) is 1. The molecular weight excluding hydrogens is 290 g/mol. The Morgan fingerprint density at radius 1 is 1.35 bits per heavy atom. The van der Waals surface area contributed by atoms with Crippen LogP contribution in [-0.2, 0) is 10.5 Å². The monoisotopic (exact) mass is 305 g/mol. The molecule has 0 radical (unpaired) electrons. The molecule has 2 aromatic rings. The third-order valence-electron chi connectivity index (χ3n) is 3.07. The summed E-state index contributed by atoms with van der Waals surface area (Å²) in [5.74, 6) is 1.14. The Balaban J connectivity index is 1.54. The number of hydrogen-bond acceptors (Lipinski definition) is 5. The van der Waals surface area contributed by atoms with E-state index in [0.29, 0.717) is 5.13 Å². The van der Waals surface area contributed by atoms with Crippen LogP contribution in [0.3, 0.4) is 0 Å². The zero-order valence-electron chi connectivity index (χ0n) is 11.1. The summed E-state index contributed by atoms with van der Waals surface area (Å²) in [7, 11) is 0. The molecule has 1 saturated carbocycles. The van der Waals surface area contributed by atoms with E-state index >= 15 is 0 Å². The summed E-state index contributed by atoms with van der Waals surface area (Å²) in [5, 5.41) is 11.5. The molecule has 1 N–H and O–H groups in total. The number of carbonyl (C=O) groups excluding carboxylic acids is 1. The van der Waals surface area contributed by atoms with Crippen LogP contribution < -0.4 is 5.32 Å². The van der Waals surface area contributed by atoms with Gasteiger partial charge in [0.05, 0.1) is 0 Å². The fourth-order valence-electron chi connectivity index (χ4n) is 1.70. The van der Waals surface area contributed by atoms with Gasteiger partial charge in [0, 0.05) is 11.7 Å². The van der Waals surface area contributed by atoms with Crippen molar-refractivity contribution in [2.24, 2.45) is 5.92 Å². The maximum absolute atomic E-state index is 11.6. The lowest BCUT2D eigenvalue weighted by molar-refractivity contribution is -0.117. The topological polar surface area (TPSA) is 54.9 Å². The summed E-state index contributed by atoms with van der Waals surface area (Å²) in [4.78, 5) is 11.6. The van der Waals surface area contributed by atoms with Crippen LogP contribution in [0.1, 0.15) is 24.0 Å². The van der Waals surface area contributed by atoms with Crippen molar-refractivity contribution in [2.75, 3.05) is 5.32 Å². The maximum atomic E-state index is 11.6. The van der Waals surface area contributed by atoms with Crippen molar-refractivity contribution in [2.45, 2.75) is 29.9 Å². The average Bonchev–Trinajstić information content (AvgIpc) is 3.20. The van der Waals surface area contributed by atoms with Crippen LogP contribution >= 0.6 is 23.1 Å². The SMILES string of the molecule is Cc1ccc(CSc2nnc(NC(=O)C3CC3)s2)cc1. The molecular formula is C14H15N3OS2. The fourth-order valence-corrected chi connectivity index (χ4v) is 3.41. The summed E-state index contributed by atoms with van der Waals surface area (Å²) in [6.07, 6.45) is 2.00. The lowest BCUT2D eigenvalue weighted by Crippen LogP contribution is -2.12. The fraction of sp³-hybridized carbons (Fsp3) is 0.357. The normalized spacial score (nSPS) is 14.2. The molecule has 1 aromatic heterocycles. The molecule has 0 aliphatic heterocycles. The van der Waals surface area contributed by atoms with E-state index in [0.717, 1.165) is 22.9 Å². The van der Waals surface area contributed by atoms with Crippen molar-refractivity contribution in [3.8, 4) is 0 Å². The molecule has 1 aliphatic carbocycles. The molecule has 0 unspecified atom stereocenters. The second-order valence-corrected chi connectivity index (χ2v) is 7.11. The standard InChI is InChI=1S/C14H15N3OS2/c1-9-2-4-10(5-3-9)8-19-14-17-16-13(20-14)15-12(18)11-6-7-11/h2-5,11H,6-8H2,1H3,(H,15,16,18). The van der Waals surface area contributed by atoms with Gasteiger partial charge in [-0.05, 0) is 25.3 Å². The molecule has 1 aromatic carbocycles. The van der Waals surface area contributed by atoms with Crippen LogP contribution in [-0.4, -0.2) is 16.1 Å². The van der Waals surface area contributed by atoms with Crippen molar-refractivity contribution < 1.29 is 4.79 Å². The number of nitrogens with zero attached hydrogens (tertiary/aromatic N) is 2. The molecule has 104 valence electrons. The second-order valence-electron chi connectivity index (χ2n) is 4.91. The number of carbonyl (C=O) groups is 1. The van der Waals surface area contributed by atoms with Crippen molar-refractivity contribution in [3.63, 3.8) is 0 Å². The Bertz CT molecular complexity index is 605. The Morgan fingerprint density at radius 2 is 2.10 bits per heavy atom. The van der Waals surface area contributed by atoms with E-state index in [9.17, 15) is 4.79 Å². The Hall–Kier alpha value is -1.40. The second kappa shape index (κ2) is 5.93. The molecule has 0 saturated heterocycles. The van der Waals surface area contributed by atoms with E-state index in [2.05, 4.69) is 46.7 Å². The van der Waals surface area contributed by atoms with Crippen LogP contribution in [0.25, 0.3) is 0 Å². The van der Waals surface area contributed by atoms with E-state index in [1.54, 1.807) is 11.8 Å². The Morgan fingerprint density at radius 3 is 2.80 bits per heavy atom. The summed E-state index contributed by atoms with van der Waals surface area (Å²) in [5.41, 5.74) is 2.53. The van der Waals surface area contributed by atoms with Crippen molar-refractivity contribution in [1.82, 2.24) is 10.2 Å². The van der Waals surface area contributed by atoms with Crippen LogP contribution in [0.4, 0.5) is 5.13 Å². The highest BCUT2D eigenvalue weighted by atomic mass is 32.2. The first kappa shape index (κ1) is 13.6. The molecule has 0 atom stereocenters. The van der Waals surface area contributed by atoms with Crippen LogP contribution in [0.15, 0.2) is 28.6 Å². The number of rotatable bonds is 5. The highest BCUT2D eigenvalue weighted by Crippen LogP contribution is 2.32. The minimum Gasteiger partial charge on any atom is -0.300 e. The van der Waals surface area contributed by atoms with E-state index < -0.39 is 0 Å². The molecule has 20 heavy (non-hydrogen) atoms. The molecule has 4 nitrogen and oxygen atoms in total. The lowest BCUT2D eigenvalue weighted by atomic mass is 10.2. The number of thioether (sulfide) groups is 1. The van der Waals surface area contributed by atoms with Gasteiger partial charge >= 0.3 is 0 Å². The van der Waals surface area contributed by atoms with E-state index in [1.807, 2.05) is 0 Å². The highest BCUT2D eigenvalue weighted by Gasteiger charge is 2.30. The largest absolute Gasteiger partial charge is 0.300 e. The van der Waals surface area contributed by atoms with Crippen LogP contribution in [0.5, 0.6) is 0 Å². The van der Waals surface area contributed by atoms with Gasteiger partial charge in [-0.15, -0.1) is 10.2 Å². The molecule has 6 heteroatoms. The van der Waals surface area contributed by atoms with Gasteiger partial charge < -0.3 is 5.32 Å². The summed E-state index contributed by atoms with van der Waals surface area (Å²) < 4.78 is 0.886. The Labute approximate surface area is 126 Å².